The Kier molecular flexibility index (Phi) is 4.84. The number of nitrogens with one attached hydrogen (secondary N) is 1. The molecule has 9 heteroatoms. The highest BCUT2D eigenvalue weighted by Gasteiger charge is 2.29. The number of carbonyl (C=O) groups is 1. The molecule has 5 nitrogen and oxygen atoms in total. The number of rotatable bonds is 5. The Balaban J connectivity index is 1.53. The van der Waals surface area contributed by atoms with E-state index in [-0.39, 0.29) is 18.3 Å². The van der Waals surface area contributed by atoms with Gasteiger partial charge >= 0.3 is 18.0 Å². The van der Waals surface area contributed by atoms with Gasteiger partial charge in [0.2, 0.25) is 0 Å². The highest BCUT2D eigenvalue weighted by atomic mass is 32.1. The molecule has 0 aliphatic carbocycles. The lowest BCUT2D eigenvalue weighted by Crippen LogP contribution is -2.26. The van der Waals surface area contributed by atoms with Gasteiger partial charge in [-0.3, -0.25) is 4.79 Å². The summed E-state index contributed by atoms with van der Waals surface area (Å²) in [5.41, 5.74) is -0.0228. The monoisotopic (exact) mass is 367 g/mol. The summed E-state index contributed by atoms with van der Waals surface area (Å²) < 4.78 is 42.8. The van der Waals surface area contributed by atoms with Gasteiger partial charge in [0.25, 0.3) is 5.89 Å². The molecular weight excluding hydrogens is 355 g/mol. The predicted octanol–water partition coefficient (Wildman–Crippen LogP) is 3.79. The smallest absolute Gasteiger partial charge is 0.411 e. The normalized spacial score (nSPS) is 11.5. The van der Waals surface area contributed by atoms with Crippen molar-refractivity contribution in [3.63, 3.8) is 0 Å². The summed E-state index contributed by atoms with van der Waals surface area (Å²) in [7, 11) is 0. The molecule has 0 atom stereocenters. The Morgan fingerprint density at radius 2 is 1.92 bits per heavy atom. The molecular formula is C16H12F3N3O2S. The Hall–Kier alpha value is -2.68. The molecule has 0 spiro atoms. The first-order chi connectivity index (χ1) is 11.9. The Labute approximate surface area is 144 Å². The van der Waals surface area contributed by atoms with Crippen molar-refractivity contribution in [2.75, 3.05) is 6.54 Å². The van der Waals surface area contributed by atoms with E-state index in [4.69, 9.17) is 4.42 Å². The van der Waals surface area contributed by atoms with Crippen molar-refractivity contribution in [2.45, 2.75) is 12.6 Å². The van der Waals surface area contributed by atoms with Gasteiger partial charge in [-0.2, -0.15) is 13.2 Å². The SMILES string of the molecule is O=C(NCCc1ccc(C(F)(F)F)cc1)c1nnc(-c2cccs2)o1. The van der Waals surface area contributed by atoms with Gasteiger partial charge in [-0.05, 0) is 35.6 Å². The second-order valence-corrected chi connectivity index (χ2v) is 6.04. The second kappa shape index (κ2) is 7.06. The van der Waals surface area contributed by atoms with Crippen LogP contribution in [-0.4, -0.2) is 22.6 Å². The highest BCUT2D eigenvalue weighted by molar-refractivity contribution is 7.13. The number of alkyl halides is 3. The van der Waals surface area contributed by atoms with Crippen molar-refractivity contribution in [2.24, 2.45) is 0 Å². The number of hydrogen-bond acceptors (Lipinski definition) is 5. The lowest BCUT2D eigenvalue weighted by molar-refractivity contribution is -0.137. The maximum Gasteiger partial charge on any atom is 0.416 e. The van der Waals surface area contributed by atoms with Gasteiger partial charge in [-0.25, -0.2) is 0 Å². The summed E-state index contributed by atoms with van der Waals surface area (Å²) in [5.74, 6) is -0.416. The molecule has 2 aromatic heterocycles. The Morgan fingerprint density at radius 3 is 2.56 bits per heavy atom. The topological polar surface area (TPSA) is 68.0 Å². The van der Waals surface area contributed by atoms with Crippen LogP contribution in [0.1, 0.15) is 21.8 Å². The van der Waals surface area contributed by atoms with Crippen LogP contribution in [0.3, 0.4) is 0 Å². The van der Waals surface area contributed by atoms with Crippen LogP contribution in [0, 0.1) is 0 Å². The van der Waals surface area contributed by atoms with Crippen LogP contribution in [0.25, 0.3) is 10.8 Å². The zero-order valence-electron chi connectivity index (χ0n) is 12.7. The van der Waals surface area contributed by atoms with Crippen LogP contribution in [0.2, 0.25) is 0 Å². The summed E-state index contributed by atoms with van der Waals surface area (Å²) in [4.78, 5) is 12.7. The molecule has 0 unspecified atom stereocenters. The standard InChI is InChI=1S/C16H12F3N3O2S/c17-16(18,19)11-5-3-10(4-6-11)7-8-20-13(23)15-22-21-14(24-15)12-2-1-9-25-12/h1-6,9H,7-8H2,(H,20,23). The van der Waals surface area contributed by atoms with Crippen molar-refractivity contribution < 1.29 is 22.4 Å². The summed E-state index contributed by atoms with van der Waals surface area (Å²) in [6.07, 6.45) is -3.97. The molecule has 3 aromatic rings. The fourth-order valence-corrected chi connectivity index (χ4v) is 2.72. The summed E-state index contributed by atoms with van der Waals surface area (Å²) >= 11 is 1.41. The number of benzene rings is 1. The average molecular weight is 367 g/mol. The molecule has 3 rings (SSSR count). The van der Waals surface area contributed by atoms with E-state index in [2.05, 4.69) is 15.5 Å². The van der Waals surface area contributed by atoms with Crippen molar-refractivity contribution in [3.05, 3.63) is 58.8 Å². The molecule has 0 aliphatic heterocycles. The molecule has 0 saturated heterocycles. The molecule has 1 amide bonds. The fraction of sp³-hybridized carbons (Fsp3) is 0.188. The molecule has 2 heterocycles. The second-order valence-electron chi connectivity index (χ2n) is 5.09. The minimum atomic E-state index is -4.36. The molecule has 0 aliphatic rings. The van der Waals surface area contributed by atoms with Gasteiger partial charge < -0.3 is 9.73 Å². The molecule has 1 N–H and O–H groups in total. The quantitative estimate of drug-likeness (QED) is 0.745. The third-order valence-corrected chi connectivity index (χ3v) is 4.19. The number of aromatic nitrogens is 2. The van der Waals surface area contributed by atoms with E-state index in [0.29, 0.717) is 12.0 Å². The summed E-state index contributed by atoms with van der Waals surface area (Å²) in [5, 5.41) is 11.9. The molecule has 130 valence electrons. The Morgan fingerprint density at radius 1 is 1.16 bits per heavy atom. The van der Waals surface area contributed by atoms with Crippen molar-refractivity contribution >= 4 is 17.2 Å². The van der Waals surface area contributed by atoms with Crippen LogP contribution in [0.4, 0.5) is 13.2 Å². The maximum absolute atomic E-state index is 12.5. The van der Waals surface area contributed by atoms with Crippen LogP contribution in [0.5, 0.6) is 0 Å². The van der Waals surface area contributed by atoms with Gasteiger partial charge in [-0.1, -0.05) is 18.2 Å². The van der Waals surface area contributed by atoms with E-state index in [1.165, 1.54) is 23.5 Å². The van der Waals surface area contributed by atoms with Gasteiger partial charge in [0.05, 0.1) is 10.4 Å². The first kappa shape index (κ1) is 17.2. The minimum absolute atomic E-state index is 0.157. The van der Waals surface area contributed by atoms with Crippen LogP contribution in [-0.2, 0) is 12.6 Å². The highest BCUT2D eigenvalue weighted by Crippen LogP contribution is 2.29. The van der Waals surface area contributed by atoms with Gasteiger partial charge in [0.1, 0.15) is 0 Å². The van der Waals surface area contributed by atoms with Crippen LogP contribution >= 0.6 is 11.3 Å². The number of nitrogens with zero attached hydrogens (tertiary/aromatic N) is 2. The number of halogens is 3. The van der Waals surface area contributed by atoms with E-state index in [0.717, 1.165) is 17.0 Å². The van der Waals surface area contributed by atoms with Gasteiger partial charge in [0.15, 0.2) is 0 Å². The lowest BCUT2D eigenvalue weighted by Gasteiger charge is -2.07. The molecule has 0 bridgehead atoms. The number of thiophene rings is 1. The van der Waals surface area contributed by atoms with Crippen molar-refractivity contribution in [1.82, 2.24) is 15.5 Å². The maximum atomic E-state index is 12.5. The van der Waals surface area contributed by atoms with Crippen LogP contribution < -0.4 is 5.32 Å². The third kappa shape index (κ3) is 4.24. The Bertz CT molecular complexity index is 842. The fourth-order valence-electron chi connectivity index (χ4n) is 2.07. The minimum Gasteiger partial charge on any atom is -0.411 e. The van der Waals surface area contributed by atoms with Crippen LogP contribution in [0.15, 0.2) is 46.2 Å². The third-order valence-electron chi connectivity index (χ3n) is 3.33. The van der Waals surface area contributed by atoms with E-state index >= 15 is 0 Å². The van der Waals surface area contributed by atoms with Crippen molar-refractivity contribution in [3.8, 4) is 10.8 Å². The van der Waals surface area contributed by atoms with E-state index < -0.39 is 17.6 Å². The molecule has 25 heavy (non-hydrogen) atoms. The predicted molar refractivity (Wildman–Crippen MR) is 85.1 cm³/mol. The average Bonchev–Trinajstić information content (AvgIpc) is 3.25. The lowest BCUT2D eigenvalue weighted by atomic mass is 10.1. The molecule has 1 aromatic carbocycles. The number of amides is 1. The van der Waals surface area contributed by atoms with Crippen molar-refractivity contribution in [1.29, 1.82) is 0 Å². The first-order valence-electron chi connectivity index (χ1n) is 7.25. The zero-order chi connectivity index (χ0) is 17.9. The van der Waals surface area contributed by atoms with Gasteiger partial charge in [0, 0.05) is 6.54 Å². The number of carbonyl (C=O) groups excluding carboxylic acids is 1. The van der Waals surface area contributed by atoms with E-state index in [9.17, 15) is 18.0 Å². The largest absolute Gasteiger partial charge is 0.416 e. The summed E-state index contributed by atoms with van der Waals surface area (Å²) in [6.45, 7) is 0.237. The first-order valence-corrected chi connectivity index (χ1v) is 8.13. The molecule has 0 fully saturated rings. The van der Waals surface area contributed by atoms with E-state index in [1.807, 2.05) is 11.4 Å². The van der Waals surface area contributed by atoms with Gasteiger partial charge in [-0.15, -0.1) is 21.5 Å². The summed E-state index contributed by atoms with van der Waals surface area (Å²) in [6, 6.07) is 8.43. The van der Waals surface area contributed by atoms with E-state index in [1.54, 1.807) is 6.07 Å². The zero-order valence-corrected chi connectivity index (χ0v) is 13.5. The number of hydrogen-bond donors (Lipinski definition) is 1. The molecule has 0 saturated carbocycles. The molecule has 0 radical (unpaired) electrons.